The minimum Gasteiger partial charge on any atom is -0.376 e. The lowest BCUT2D eigenvalue weighted by atomic mass is 9.46. The van der Waals surface area contributed by atoms with E-state index in [2.05, 4.69) is 15.0 Å². The van der Waals surface area contributed by atoms with Crippen LogP contribution in [0.2, 0.25) is 0 Å². The molecule has 7 heteroatoms. The predicted octanol–water partition coefficient (Wildman–Crippen LogP) is -1.60. The van der Waals surface area contributed by atoms with Crippen LogP contribution in [-0.4, -0.2) is 35.4 Å². The van der Waals surface area contributed by atoms with Crippen molar-refractivity contribution in [3.05, 3.63) is 37.2 Å². The van der Waals surface area contributed by atoms with Crippen molar-refractivity contribution in [1.29, 1.82) is 0 Å². The van der Waals surface area contributed by atoms with Crippen LogP contribution in [-0.2, 0) is 21.1 Å². The Morgan fingerprint density at radius 1 is 0.684 bits per heavy atom. The molecule has 3 aromatic heterocycles. The number of rotatable bonds is 3. The summed E-state index contributed by atoms with van der Waals surface area (Å²) in [5.41, 5.74) is 2.80. The second-order valence-corrected chi connectivity index (χ2v) is 4.62. The summed E-state index contributed by atoms with van der Waals surface area (Å²) in [6.07, 6.45) is 11.2. The van der Waals surface area contributed by atoms with E-state index in [0.717, 1.165) is 17.2 Å². The molecular formula is C12H15BN6-. The van der Waals surface area contributed by atoms with Gasteiger partial charge in [0.1, 0.15) is 0 Å². The van der Waals surface area contributed by atoms with Crippen LogP contribution >= 0.6 is 0 Å². The number of nitrogens with zero attached hydrogens (tertiary/aromatic N) is 6. The van der Waals surface area contributed by atoms with Crippen molar-refractivity contribution in [3.63, 3.8) is 0 Å². The zero-order valence-corrected chi connectivity index (χ0v) is 11.2. The van der Waals surface area contributed by atoms with Gasteiger partial charge in [0.25, 0.3) is 0 Å². The van der Waals surface area contributed by atoms with E-state index in [-0.39, 0.29) is 6.71 Å². The molecule has 0 unspecified atom stereocenters. The maximum atomic E-state index is 4.47. The van der Waals surface area contributed by atoms with Gasteiger partial charge in [-0.25, -0.2) is 0 Å². The third kappa shape index (κ3) is 1.87. The highest BCUT2D eigenvalue weighted by Gasteiger charge is 2.16. The lowest BCUT2D eigenvalue weighted by molar-refractivity contribution is 0.920. The van der Waals surface area contributed by atoms with Crippen molar-refractivity contribution < 1.29 is 0 Å². The molecule has 0 N–H and O–H groups in total. The van der Waals surface area contributed by atoms with Gasteiger partial charge in [0, 0.05) is 58.3 Å². The van der Waals surface area contributed by atoms with Crippen molar-refractivity contribution >= 4 is 23.9 Å². The topological polar surface area (TPSA) is 53.5 Å². The van der Waals surface area contributed by atoms with Crippen LogP contribution in [0.3, 0.4) is 0 Å². The average Bonchev–Trinajstić information content (AvgIpc) is 3.07. The molecule has 1 radical (unpaired) electrons. The SMILES string of the molecule is Cn1ccnc1[B-](c1nccn1C)c1nccn1C. The zero-order chi connectivity index (χ0) is 13.4. The number of hydrogen-bond acceptors (Lipinski definition) is 3. The quantitative estimate of drug-likeness (QED) is 0.529. The fourth-order valence-electron chi connectivity index (χ4n) is 2.31. The molecule has 3 rings (SSSR count). The fraction of sp³-hybridized carbons (Fsp3) is 0.250. The number of aryl methyl sites for hydroxylation is 3. The summed E-state index contributed by atoms with van der Waals surface area (Å²) in [7, 11) is 5.96. The maximum absolute atomic E-state index is 4.47. The van der Waals surface area contributed by atoms with Crippen LogP contribution in [0.5, 0.6) is 0 Å². The first-order valence-electron chi connectivity index (χ1n) is 6.10. The lowest BCUT2D eigenvalue weighted by Crippen LogP contribution is -2.60. The molecule has 19 heavy (non-hydrogen) atoms. The van der Waals surface area contributed by atoms with E-state index in [1.807, 2.05) is 53.4 Å². The van der Waals surface area contributed by atoms with E-state index in [0.29, 0.717) is 0 Å². The Labute approximate surface area is 111 Å². The van der Waals surface area contributed by atoms with Crippen molar-refractivity contribution in [1.82, 2.24) is 28.7 Å². The zero-order valence-electron chi connectivity index (χ0n) is 11.2. The first kappa shape index (κ1) is 11.8. The first-order valence-corrected chi connectivity index (χ1v) is 6.10. The van der Waals surface area contributed by atoms with Gasteiger partial charge in [-0.05, 0) is 0 Å². The molecule has 6 nitrogen and oxygen atoms in total. The van der Waals surface area contributed by atoms with E-state index < -0.39 is 0 Å². The van der Waals surface area contributed by atoms with Gasteiger partial charge >= 0.3 is 0 Å². The molecule has 0 saturated carbocycles. The van der Waals surface area contributed by atoms with E-state index in [9.17, 15) is 0 Å². The molecule has 0 atom stereocenters. The Hall–Kier alpha value is -2.31. The first-order chi connectivity index (χ1) is 9.18. The van der Waals surface area contributed by atoms with Crippen LogP contribution in [0, 0.1) is 0 Å². The molecule has 0 fully saturated rings. The van der Waals surface area contributed by atoms with E-state index in [1.165, 1.54) is 0 Å². The summed E-state index contributed by atoms with van der Waals surface area (Å²) in [5.74, 6) is 0. The van der Waals surface area contributed by atoms with Gasteiger partial charge in [-0.3, -0.25) is 15.0 Å². The van der Waals surface area contributed by atoms with Crippen molar-refractivity contribution in [2.75, 3.05) is 0 Å². The van der Waals surface area contributed by atoms with Gasteiger partial charge in [-0.15, -0.1) is 0 Å². The minimum atomic E-state index is -0.0694. The van der Waals surface area contributed by atoms with Crippen LogP contribution in [0.15, 0.2) is 37.2 Å². The number of hydrogen-bond donors (Lipinski definition) is 0. The smallest absolute Gasteiger partial charge is 0.0982 e. The van der Waals surface area contributed by atoms with E-state index in [1.54, 1.807) is 18.6 Å². The largest absolute Gasteiger partial charge is 0.376 e. The predicted molar refractivity (Wildman–Crippen MR) is 74.3 cm³/mol. The molecule has 0 aromatic carbocycles. The molecule has 0 spiro atoms. The molecule has 0 aliphatic carbocycles. The molecule has 0 bridgehead atoms. The summed E-state index contributed by atoms with van der Waals surface area (Å²) in [5, 5.41) is 0. The lowest BCUT2D eigenvalue weighted by Gasteiger charge is -2.27. The second kappa shape index (κ2) is 4.42. The maximum Gasteiger partial charge on any atom is 0.0982 e. The van der Waals surface area contributed by atoms with Crippen molar-refractivity contribution in [3.8, 4) is 0 Å². The van der Waals surface area contributed by atoms with Crippen LogP contribution in [0.25, 0.3) is 0 Å². The molecular weight excluding hydrogens is 239 g/mol. The molecule has 97 valence electrons. The molecule has 0 aliphatic rings. The minimum absolute atomic E-state index is 0.0694. The Kier molecular flexibility index (Phi) is 2.74. The number of imidazole rings is 3. The summed E-state index contributed by atoms with van der Waals surface area (Å²) < 4.78 is 6.02. The highest BCUT2D eigenvalue weighted by Crippen LogP contribution is 1.90. The summed E-state index contributed by atoms with van der Waals surface area (Å²) >= 11 is 0. The summed E-state index contributed by atoms with van der Waals surface area (Å²) in [4.78, 5) is 13.4. The number of aromatic nitrogens is 6. The second-order valence-electron chi connectivity index (χ2n) is 4.62. The normalized spacial score (nSPS) is 11.4. The van der Waals surface area contributed by atoms with Crippen LogP contribution in [0.1, 0.15) is 0 Å². The van der Waals surface area contributed by atoms with Gasteiger partial charge in [0.15, 0.2) is 0 Å². The van der Waals surface area contributed by atoms with Crippen molar-refractivity contribution in [2.24, 2.45) is 21.1 Å². The molecule has 3 aromatic rings. The molecule has 3 heterocycles. The van der Waals surface area contributed by atoms with Gasteiger partial charge in [-0.1, -0.05) is 17.2 Å². The standard InChI is InChI=1S/C12H15BN6/c1-17-7-4-14-10(17)13(11-15-5-8-18(11)2)12-16-6-9-19(12)3/h4-9H,1-3H3/q-1. The molecule has 0 saturated heterocycles. The Morgan fingerprint density at radius 2 is 1.00 bits per heavy atom. The highest BCUT2D eigenvalue weighted by atomic mass is 15.1. The Bertz CT molecular complexity index is 599. The van der Waals surface area contributed by atoms with E-state index in [4.69, 9.17) is 0 Å². The Morgan fingerprint density at radius 3 is 1.21 bits per heavy atom. The third-order valence-corrected chi connectivity index (χ3v) is 3.35. The van der Waals surface area contributed by atoms with Crippen LogP contribution < -0.4 is 17.2 Å². The monoisotopic (exact) mass is 254 g/mol. The van der Waals surface area contributed by atoms with Gasteiger partial charge in [-0.2, -0.15) is 0 Å². The van der Waals surface area contributed by atoms with Gasteiger partial charge in [0.2, 0.25) is 0 Å². The van der Waals surface area contributed by atoms with Crippen LogP contribution in [0.4, 0.5) is 0 Å². The summed E-state index contributed by atoms with van der Waals surface area (Å²) in [6, 6.07) is 0. The van der Waals surface area contributed by atoms with E-state index >= 15 is 0 Å². The molecule has 0 amide bonds. The average molecular weight is 254 g/mol. The fourth-order valence-corrected chi connectivity index (χ4v) is 2.31. The highest BCUT2D eigenvalue weighted by molar-refractivity contribution is 6.92. The summed E-state index contributed by atoms with van der Waals surface area (Å²) in [6.45, 7) is -0.0694. The molecule has 0 aliphatic heterocycles. The van der Waals surface area contributed by atoms with Gasteiger partial charge in [0.05, 0.1) is 6.71 Å². The Balaban J connectivity index is 2.20. The van der Waals surface area contributed by atoms with Gasteiger partial charge < -0.3 is 13.7 Å². The third-order valence-electron chi connectivity index (χ3n) is 3.35. The van der Waals surface area contributed by atoms with Crippen molar-refractivity contribution in [2.45, 2.75) is 0 Å².